The zero-order chi connectivity index (χ0) is 10.3. The fourth-order valence-corrected chi connectivity index (χ4v) is 2.07. The number of nitrogens with zero attached hydrogens (tertiary/aromatic N) is 2. The lowest BCUT2D eigenvalue weighted by atomic mass is 10.2. The number of carboxylic acid groups (broad SMARTS) is 1. The molecule has 0 radical (unpaired) electrons. The molecule has 0 saturated carbocycles. The number of fused-ring (bicyclic) bond motifs is 1. The molecule has 14 heavy (non-hydrogen) atoms. The molecule has 0 unspecified atom stereocenters. The zero-order valence-electron chi connectivity index (χ0n) is 7.36. The third-order valence-corrected chi connectivity index (χ3v) is 2.58. The predicted octanol–water partition coefficient (Wildman–Crippen LogP) is 2.10. The fourth-order valence-electron chi connectivity index (χ4n) is 1.41. The molecule has 0 atom stereocenters. The largest absolute Gasteiger partial charge is 0.478 e. The maximum atomic E-state index is 10.9. The molecule has 0 saturated heterocycles. The van der Waals surface area contributed by atoms with Crippen molar-refractivity contribution in [3.05, 3.63) is 34.3 Å². The van der Waals surface area contributed by atoms with E-state index in [4.69, 9.17) is 5.11 Å². The number of pyridine rings is 1. The van der Waals surface area contributed by atoms with Crippen LogP contribution >= 0.6 is 15.9 Å². The van der Waals surface area contributed by atoms with Gasteiger partial charge in [-0.05, 0) is 35.0 Å². The van der Waals surface area contributed by atoms with Gasteiger partial charge in [-0.1, -0.05) is 0 Å². The third-order valence-electron chi connectivity index (χ3n) is 2.03. The first-order valence-electron chi connectivity index (χ1n) is 3.97. The Morgan fingerprint density at radius 3 is 3.00 bits per heavy atom. The summed E-state index contributed by atoms with van der Waals surface area (Å²) >= 11 is 3.24. The van der Waals surface area contributed by atoms with E-state index in [0.717, 1.165) is 5.82 Å². The smallest absolute Gasteiger partial charge is 0.337 e. The summed E-state index contributed by atoms with van der Waals surface area (Å²) in [5, 5.41) is 8.95. The number of halogens is 1. The summed E-state index contributed by atoms with van der Waals surface area (Å²) in [6.45, 7) is 1.82. The van der Waals surface area contributed by atoms with Crippen LogP contribution in [-0.4, -0.2) is 20.5 Å². The summed E-state index contributed by atoms with van der Waals surface area (Å²) in [4.78, 5) is 15.1. The molecule has 4 nitrogen and oxygen atoms in total. The molecule has 0 fully saturated rings. The molecule has 0 amide bonds. The number of hydrogen-bond donors (Lipinski definition) is 1. The second-order valence-corrected chi connectivity index (χ2v) is 3.65. The van der Waals surface area contributed by atoms with Gasteiger partial charge in [0.25, 0.3) is 0 Å². The molecule has 0 aliphatic carbocycles. The summed E-state index contributed by atoms with van der Waals surface area (Å²) in [7, 11) is 0. The Morgan fingerprint density at radius 1 is 1.64 bits per heavy atom. The molecule has 2 heterocycles. The van der Waals surface area contributed by atoms with Crippen LogP contribution < -0.4 is 0 Å². The topological polar surface area (TPSA) is 54.6 Å². The highest BCUT2D eigenvalue weighted by Crippen LogP contribution is 2.22. The van der Waals surface area contributed by atoms with Crippen LogP contribution in [0, 0.1) is 6.92 Å². The second-order valence-electron chi connectivity index (χ2n) is 2.90. The van der Waals surface area contributed by atoms with Gasteiger partial charge in [-0.3, -0.25) is 0 Å². The zero-order valence-corrected chi connectivity index (χ0v) is 8.95. The van der Waals surface area contributed by atoms with Crippen LogP contribution in [0.15, 0.2) is 22.9 Å². The molecule has 72 valence electrons. The van der Waals surface area contributed by atoms with Gasteiger partial charge in [0.2, 0.25) is 0 Å². The van der Waals surface area contributed by atoms with E-state index in [9.17, 15) is 4.79 Å². The number of aromatic carboxylic acids is 1. The van der Waals surface area contributed by atoms with Gasteiger partial charge in [-0.25, -0.2) is 9.78 Å². The Labute approximate surface area is 88.3 Å². The van der Waals surface area contributed by atoms with Crippen molar-refractivity contribution < 1.29 is 9.90 Å². The standard InChI is InChI=1S/C9H7BrN2O2/c1-5-11-8(10)7-6(9(13)14)3-2-4-12(5)7/h2-4H,1H3,(H,13,14). The van der Waals surface area contributed by atoms with E-state index < -0.39 is 5.97 Å². The molecule has 1 N–H and O–H groups in total. The van der Waals surface area contributed by atoms with Crippen molar-refractivity contribution in [2.24, 2.45) is 0 Å². The highest BCUT2D eigenvalue weighted by atomic mass is 79.9. The Morgan fingerprint density at radius 2 is 2.36 bits per heavy atom. The van der Waals surface area contributed by atoms with Crippen LogP contribution in [0.4, 0.5) is 0 Å². The predicted molar refractivity (Wildman–Crippen MR) is 54.6 cm³/mol. The van der Waals surface area contributed by atoms with Gasteiger partial charge in [0.15, 0.2) is 0 Å². The van der Waals surface area contributed by atoms with Crippen LogP contribution in [-0.2, 0) is 0 Å². The molecule has 2 aromatic rings. The van der Waals surface area contributed by atoms with E-state index in [2.05, 4.69) is 20.9 Å². The van der Waals surface area contributed by atoms with Gasteiger partial charge in [-0.2, -0.15) is 0 Å². The van der Waals surface area contributed by atoms with E-state index in [0.29, 0.717) is 10.1 Å². The first kappa shape index (κ1) is 9.21. The van der Waals surface area contributed by atoms with E-state index >= 15 is 0 Å². The van der Waals surface area contributed by atoms with Crippen molar-refractivity contribution in [3.63, 3.8) is 0 Å². The minimum Gasteiger partial charge on any atom is -0.478 e. The second kappa shape index (κ2) is 3.09. The van der Waals surface area contributed by atoms with E-state index in [-0.39, 0.29) is 5.56 Å². The van der Waals surface area contributed by atoms with Crippen molar-refractivity contribution in [3.8, 4) is 0 Å². The highest BCUT2D eigenvalue weighted by molar-refractivity contribution is 9.10. The molecule has 5 heteroatoms. The number of hydrogen-bond acceptors (Lipinski definition) is 2. The lowest BCUT2D eigenvalue weighted by Crippen LogP contribution is -2.00. The van der Waals surface area contributed by atoms with Gasteiger partial charge in [0.1, 0.15) is 10.4 Å². The van der Waals surface area contributed by atoms with Crippen molar-refractivity contribution in [2.45, 2.75) is 6.92 Å². The van der Waals surface area contributed by atoms with Crippen LogP contribution in [0.25, 0.3) is 5.52 Å². The fraction of sp³-hybridized carbons (Fsp3) is 0.111. The lowest BCUT2D eigenvalue weighted by Gasteiger charge is -1.99. The number of carbonyl (C=O) groups is 1. The van der Waals surface area contributed by atoms with E-state index in [1.165, 1.54) is 0 Å². The maximum Gasteiger partial charge on any atom is 0.337 e. The molecule has 2 aromatic heterocycles. The van der Waals surface area contributed by atoms with Gasteiger partial charge in [0, 0.05) is 6.20 Å². The number of aryl methyl sites for hydroxylation is 1. The van der Waals surface area contributed by atoms with Gasteiger partial charge >= 0.3 is 5.97 Å². The summed E-state index contributed by atoms with van der Waals surface area (Å²) in [5.74, 6) is -0.189. The Balaban J connectivity index is 2.92. The SMILES string of the molecule is Cc1nc(Br)c2c(C(=O)O)cccn12. The molecule has 0 aromatic carbocycles. The molecule has 0 aliphatic rings. The van der Waals surface area contributed by atoms with Crippen LogP contribution in [0.5, 0.6) is 0 Å². The van der Waals surface area contributed by atoms with Gasteiger partial charge in [0.05, 0.1) is 11.1 Å². The number of aromatic nitrogens is 2. The Bertz CT molecular complexity index is 519. The summed E-state index contributed by atoms with van der Waals surface area (Å²) in [6.07, 6.45) is 1.79. The van der Waals surface area contributed by atoms with Gasteiger partial charge < -0.3 is 9.51 Å². The molecule has 2 rings (SSSR count). The normalized spacial score (nSPS) is 10.7. The van der Waals surface area contributed by atoms with Crippen LogP contribution in [0.3, 0.4) is 0 Å². The van der Waals surface area contributed by atoms with Crippen LogP contribution in [0.1, 0.15) is 16.2 Å². The summed E-state index contributed by atoms with van der Waals surface area (Å²) in [6, 6.07) is 3.25. The average molecular weight is 255 g/mol. The Hall–Kier alpha value is -1.36. The molecular weight excluding hydrogens is 248 g/mol. The Kier molecular flexibility index (Phi) is 2.03. The van der Waals surface area contributed by atoms with Crippen molar-refractivity contribution in [1.82, 2.24) is 9.38 Å². The van der Waals surface area contributed by atoms with Crippen molar-refractivity contribution in [2.75, 3.05) is 0 Å². The van der Waals surface area contributed by atoms with E-state index in [1.807, 2.05) is 6.92 Å². The summed E-state index contributed by atoms with van der Waals surface area (Å²) in [5.41, 5.74) is 0.845. The molecular formula is C9H7BrN2O2. The first-order valence-corrected chi connectivity index (χ1v) is 4.77. The van der Waals surface area contributed by atoms with Crippen molar-refractivity contribution in [1.29, 1.82) is 0 Å². The monoisotopic (exact) mass is 254 g/mol. The number of carboxylic acids is 1. The number of imidazole rings is 1. The highest BCUT2D eigenvalue weighted by Gasteiger charge is 2.14. The molecule has 0 bridgehead atoms. The summed E-state index contributed by atoms with van der Waals surface area (Å²) < 4.78 is 2.31. The quantitative estimate of drug-likeness (QED) is 0.848. The third kappa shape index (κ3) is 1.21. The number of rotatable bonds is 1. The maximum absolute atomic E-state index is 10.9. The minimum atomic E-state index is -0.948. The minimum absolute atomic E-state index is 0.250. The van der Waals surface area contributed by atoms with Gasteiger partial charge in [-0.15, -0.1) is 0 Å². The van der Waals surface area contributed by atoms with Crippen molar-refractivity contribution >= 4 is 27.4 Å². The lowest BCUT2D eigenvalue weighted by molar-refractivity contribution is 0.0698. The van der Waals surface area contributed by atoms with Crippen LogP contribution in [0.2, 0.25) is 0 Å². The van der Waals surface area contributed by atoms with E-state index in [1.54, 1.807) is 22.7 Å². The molecule has 0 spiro atoms. The first-order chi connectivity index (χ1) is 6.61. The molecule has 0 aliphatic heterocycles. The average Bonchev–Trinajstić information content (AvgIpc) is 2.43.